The molecule has 1 aliphatic heterocycles. The van der Waals surface area contributed by atoms with Crippen LogP contribution >= 0.6 is 0 Å². The summed E-state index contributed by atoms with van der Waals surface area (Å²) < 4.78 is 11.2. The summed E-state index contributed by atoms with van der Waals surface area (Å²) in [7, 11) is 0. The van der Waals surface area contributed by atoms with Crippen LogP contribution in [0.5, 0.6) is 0 Å². The molecule has 0 radical (unpaired) electrons. The molecule has 1 atom stereocenters. The Morgan fingerprint density at radius 3 is 2.50 bits per heavy atom. The van der Waals surface area contributed by atoms with Crippen LogP contribution in [0.4, 0.5) is 0 Å². The molecular weight excluding hydrogens is 154 g/mol. The summed E-state index contributed by atoms with van der Waals surface area (Å²) in [5.41, 5.74) is 5.32. The van der Waals surface area contributed by atoms with Gasteiger partial charge in [-0.15, -0.1) is 0 Å². The van der Waals surface area contributed by atoms with E-state index in [-0.39, 0.29) is 11.2 Å². The molecule has 2 N–H and O–H groups in total. The van der Waals surface area contributed by atoms with Crippen molar-refractivity contribution in [3.05, 3.63) is 0 Å². The molecule has 0 aliphatic carbocycles. The van der Waals surface area contributed by atoms with E-state index in [9.17, 15) is 0 Å². The Kier molecular flexibility index (Phi) is 2.76. The lowest BCUT2D eigenvalue weighted by atomic mass is 10.0. The van der Waals surface area contributed by atoms with E-state index in [0.717, 1.165) is 13.0 Å². The number of ether oxygens (including phenoxy) is 2. The summed E-state index contributed by atoms with van der Waals surface area (Å²) in [6.07, 6.45) is 0.917. The molecule has 1 rings (SSSR count). The average molecular weight is 173 g/mol. The minimum Gasteiger partial charge on any atom is -0.378 e. The molecule has 0 aromatic rings. The molecule has 0 saturated carbocycles. The van der Waals surface area contributed by atoms with Crippen LogP contribution in [0, 0.1) is 0 Å². The van der Waals surface area contributed by atoms with Crippen molar-refractivity contribution in [1.29, 1.82) is 0 Å². The molecule has 1 unspecified atom stereocenters. The molecular formula is C9H19NO2. The second kappa shape index (κ2) is 3.32. The highest BCUT2D eigenvalue weighted by atomic mass is 16.6. The van der Waals surface area contributed by atoms with Crippen LogP contribution in [0.15, 0.2) is 0 Å². The summed E-state index contributed by atoms with van der Waals surface area (Å²) in [5.74, 6) is 0. The lowest BCUT2D eigenvalue weighted by Gasteiger charge is -2.34. The van der Waals surface area contributed by atoms with Crippen molar-refractivity contribution >= 4 is 0 Å². The maximum absolute atomic E-state index is 5.89. The molecule has 0 aromatic heterocycles. The SMILES string of the molecule is CC(C)(C)OC1(CN)CCOC1. The first-order valence-electron chi connectivity index (χ1n) is 4.45. The van der Waals surface area contributed by atoms with Crippen molar-refractivity contribution in [2.75, 3.05) is 19.8 Å². The van der Waals surface area contributed by atoms with Gasteiger partial charge in [-0.2, -0.15) is 0 Å². The number of nitrogens with two attached hydrogens (primary N) is 1. The summed E-state index contributed by atoms with van der Waals surface area (Å²) >= 11 is 0. The van der Waals surface area contributed by atoms with Gasteiger partial charge in [0.25, 0.3) is 0 Å². The Labute approximate surface area is 74.2 Å². The van der Waals surface area contributed by atoms with Gasteiger partial charge in [0.2, 0.25) is 0 Å². The van der Waals surface area contributed by atoms with Crippen molar-refractivity contribution in [2.45, 2.75) is 38.4 Å². The quantitative estimate of drug-likeness (QED) is 0.675. The lowest BCUT2D eigenvalue weighted by Crippen LogP contribution is -2.46. The molecule has 3 heteroatoms. The number of hydrogen-bond acceptors (Lipinski definition) is 3. The van der Waals surface area contributed by atoms with Gasteiger partial charge in [0.1, 0.15) is 5.60 Å². The lowest BCUT2D eigenvalue weighted by molar-refractivity contribution is -0.126. The summed E-state index contributed by atoms with van der Waals surface area (Å²) in [6.45, 7) is 8.09. The third-order valence-corrected chi connectivity index (χ3v) is 1.96. The van der Waals surface area contributed by atoms with E-state index in [0.29, 0.717) is 13.2 Å². The van der Waals surface area contributed by atoms with Crippen LogP contribution in [0.3, 0.4) is 0 Å². The predicted octanol–water partition coefficient (Wildman–Crippen LogP) is 0.919. The third-order valence-electron chi connectivity index (χ3n) is 1.96. The molecule has 1 aliphatic rings. The van der Waals surface area contributed by atoms with Gasteiger partial charge in [-0.25, -0.2) is 0 Å². The molecule has 0 aromatic carbocycles. The minimum atomic E-state index is -0.224. The van der Waals surface area contributed by atoms with Crippen molar-refractivity contribution in [3.8, 4) is 0 Å². The summed E-state index contributed by atoms with van der Waals surface area (Å²) in [4.78, 5) is 0. The van der Waals surface area contributed by atoms with Gasteiger partial charge >= 0.3 is 0 Å². The molecule has 1 saturated heterocycles. The second-order valence-electron chi connectivity index (χ2n) is 4.40. The van der Waals surface area contributed by atoms with Crippen LogP contribution in [0.2, 0.25) is 0 Å². The fourth-order valence-electron chi connectivity index (χ4n) is 1.52. The molecule has 3 nitrogen and oxygen atoms in total. The van der Waals surface area contributed by atoms with Gasteiger partial charge in [-0.1, -0.05) is 0 Å². The molecule has 72 valence electrons. The zero-order chi connectivity index (χ0) is 9.24. The highest BCUT2D eigenvalue weighted by Gasteiger charge is 2.37. The van der Waals surface area contributed by atoms with Gasteiger partial charge in [0.15, 0.2) is 0 Å². The van der Waals surface area contributed by atoms with Gasteiger partial charge in [0.05, 0.1) is 12.2 Å². The first-order valence-corrected chi connectivity index (χ1v) is 4.45. The predicted molar refractivity (Wildman–Crippen MR) is 48.1 cm³/mol. The first kappa shape index (κ1) is 9.96. The Hall–Kier alpha value is -0.120. The number of hydrogen-bond donors (Lipinski definition) is 1. The number of rotatable bonds is 2. The van der Waals surface area contributed by atoms with Crippen LogP contribution in [0.1, 0.15) is 27.2 Å². The van der Waals surface area contributed by atoms with Gasteiger partial charge in [-0.3, -0.25) is 0 Å². The summed E-state index contributed by atoms with van der Waals surface area (Å²) in [5, 5.41) is 0. The van der Waals surface area contributed by atoms with Crippen LogP contribution in [0.25, 0.3) is 0 Å². The Bertz CT molecular complexity index is 145. The molecule has 1 fully saturated rings. The van der Waals surface area contributed by atoms with E-state index in [1.54, 1.807) is 0 Å². The Morgan fingerprint density at radius 1 is 1.50 bits per heavy atom. The van der Waals surface area contributed by atoms with Crippen LogP contribution in [-0.4, -0.2) is 31.0 Å². The highest BCUT2D eigenvalue weighted by molar-refractivity contribution is 4.88. The van der Waals surface area contributed by atoms with Crippen molar-refractivity contribution in [3.63, 3.8) is 0 Å². The van der Waals surface area contributed by atoms with E-state index in [2.05, 4.69) is 0 Å². The normalized spacial score (nSPS) is 31.0. The smallest absolute Gasteiger partial charge is 0.106 e. The van der Waals surface area contributed by atoms with Gasteiger partial charge in [-0.05, 0) is 20.8 Å². The fraction of sp³-hybridized carbons (Fsp3) is 1.00. The summed E-state index contributed by atoms with van der Waals surface area (Å²) in [6, 6.07) is 0. The van der Waals surface area contributed by atoms with E-state index in [4.69, 9.17) is 15.2 Å². The van der Waals surface area contributed by atoms with E-state index in [1.165, 1.54) is 0 Å². The molecule has 12 heavy (non-hydrogen) atoms. The fourth-order valence-corrected chi connectivity index (χ4v) is 1.52. The van der Waals surface area contributed by atoms with E-state index < -0.39 is 0 Å². The molecule has 1 heterocycles. The molecule has 0 spiro atoms. The van der Waals surface area contributed by atoms with Crippen molar-refractivity contribution in [1.82, 2.24) is 0 Å². The Balaban J connectivity index is 2.55. The van der Waals surface area contributed by atoms with Crippen LogP contribution < -0.4 is 5.73 Å². The maximum atomic E-state index is 5.89. The topological polar surface area (TPSA) is 44.5 Å². The standard InChI is InChI=1S/C9H19NO2/c1-8(2,3)12-9(6-10)4-5-11-7-9/h4-7,10H2,1-3H3. The maximum Gasteiger partial charge on any atom is 0.106 e. The highest BCUT2D eigenvalue weighted by Crippen LogP contribution is 2.27. The van der Waals surface area contributed by atoms with Crippen molar-refractivity contribution < 1.29 is 9.47 Å². The van der Waals surface area contributed by atoms with E-state index in [1.807, 2.05) is 20.8 Å². The zero-order valence-corrected chi connectivity index (χ0v) is 8.22. The largest absolute Gasteiger partial charge is 0.378 e. The van der Waals surface area contributed by atoms with E-state index >= 15 is 0 Å². The third kappa shape index (κ3) is 2.44. The molecule has 0 amide bonds. The molecule has 0 bridgehead atoms. The van der Waals surface area contributed by atoms with Crippen LogP contribution in [-0.2, 0) is 9.47 Å². The monoisotopic (exact) mass is 173 g/mol. The van der Waals surface area contributed by atoms with Gasteiger partial charge in [0, 0.05) is 19.6 Å². The first-order chi connectivity index (χ1) is 5.47. The average Bonchev–Trinajstić information content (AvgIpc) is 2.34. The minimum absolute atomic E-state index is 0.132. The second-order valence-corrected chi connectivity index (χ2v) is 4.40. The van der Waals surface area contributed by atoms with Gasteiger partial charge < -0.3 is 15.2 Å². The zero-order valence-electron chi connectivity index (χ0n) is 8.22. The van der Waals surface area contributed by atoms with Crippen molar-refractivity contribution in [2.24, 2.45) is 5.73 Å². The Morgan fingerprint density at radius 2 is 2.17 bits per heavy atom.